The summed E-state index contributed by atoms with van der Waals surface area (Å²) in [6.45, 7) is 0. The summed E-state index contributed by atoms with van der Waals surface area (Å²) in [7, 11) is -4.16. The van der Waals surface area contributed by atoms with Crippen LogP contribution in [-0.2, 0) is 10.1 Å². The first-order valence-electron chi connectivity index (χ1n) is 18.5. The van der Waals surface area contributed by atoms with E-state index in [1.54, 1.807) is 0 Å². The maximum absolute atomic E-state index is 12.8. The Hall–Kier alpha value is 0.590. The van der Waals surface area contributed by atoms with E-state index in [1.807, 2.05) is 0 Å². The molecule has 17 atom stereocenters. The van der Waals surface area contributed by atoms with Gasteiger partial charge in [-0.05, 0) is 92.8 Å². The molecule has 4 aliphatic carbocycles. The second-order valence-electron chi connectivity index (χ2n) is 16.2. The van der Waals surface area contributed by atoms with Gasteiger partial charge >= 0.3 is 29.6 Å². The van der Waals surface area contributed by atoms with Gasteiger partial charge in [0.1, 0.15) is 0 Å². The average Bonchev–Trinajstić information content (AvgIpc) is 3.76. The fourth-order valence-electron chi connectivity index (χ4n) is 12.3. The van der Waals surface area contributed by atoms with E-state index in [9.17, 15) is 13.0 Å². The Labute approximate surface area is 293 Å². The maximum atomic E-state index is 12.8. The van der Waals surface area contributed by atoms with Crippen LogP contribution in [0.15, 0.2) is 0 Å². The van der Waals surface area contributed by atoms with Crippen molar-refractivity contribution in [2.75, 3.05) is 0 Å². The molecule has 45 heavy (non-hydrogen) atoms. The summed E-state index contributed by atoms with van der Waals surface area (Å²) in [6.07, 6.45) is 18.9. The van der Waals surface area contributed by atoms with Crippen LogP contribution in [0.5, 0.6) is 0 Å². The topological polar surface area (TPSA) is 151 Å². The zero-order valence-electron chi connectivity index (χ0n) is 28.1. The van der Waals surface area contributed by atoms with Gasteiger partial charge in [0.25, 0.3) is 10.1 Å². The molecule has 9 aliphatic rings. The minimum atomic E-state index is -4.16. The summed E-state index contributed by atoms with van der Waals surface area (Å²) in [5, 5.41) is 31.8. The average molecular weight is 657 g/mol. The molecule has 0 spiro atoms. The van der Waals surface area contributed by atoms with Crippen molar-refractivity contribution < 1.29 is 44.0 Å². The van der Waals surface area contributed by atoms with Gasteiger partial charge in [-0.15, -0.1) is 0 Å². The van der Waals surface area contributed by atoms with Crippen molar-refractivity contribution in [1.29, 1.82) is 0 Å². The summed E-state index contributed by atoms with van der Waals surface area (Å²) >= 11 is 0. The molecule has 8 bridgehead atoms. The molecule has 5 heterocycles. The SMILES string of the molecule is O=S(=O)(O)C1CCCC2C3NC4NC(NC5NC(NC6NC(NC(N3)C21)C1CCCCC61)C1CCCCC51)C1CCCCC41.[H-].[Na+]. The molecule has 5 saturated heterocycles. The quantitative estimate of drug-likeness (QED) is 0.121. The van der Waals surface area contributed by atoms with E-state index >= 15 is 0 Å². The van der Waals surface area contributed by atoms with Crippen molar-refractivity contribution in [2.45, 2.75) is 151 Å². The Bertz CT molecular complexity index is 1190. The fourth-order valence-corrected chi connectivity index (χ4v) is 13.6. The molecule has 0 aromatic heterocycles. The van der Waals surface area contributed by atoms with E-state index in [1.165, 1.54) is 77.0 Å². The molecule has 250 valence electrons. The van der Waals surface area contributed by atoms with Crippen LogP contribution in [0.25, 0.3) is 0 Å². The number of nitrogens with one attached hydrogen (secondary N) is 8. The monoisotopic (exact) mass is 656 g/mol. The van der Waals surface area contributed by atoms with Gasteiger partial charge in [-0.3, -0.25) is 47.1 Å². The van der Waals surface area contributed by atoms with Crippen LogP contribution in [0.4, 0.5) is 0 Å². The third-order valence-corrected chi connectivity index (χ3v) is 15.5. The largest absolute Gasteiger partial charge is 1.00 e. The van der Waals surface area contributed by atoms with Crippen LogP contribution in [0.2, 0.25) is 0 Å². The molecule has 11 nitrogen and oxygen atoms in total. The Kier molecular flexibility index (Phi) is 9.50. The number of rotatable bonds is 1. The van der Waals surface area contributed by atoms with Crippen LogP contribution in [0.3, 0.4) is 0 Å². The van der Waals surface area contributed by atoms with Gasteiger partial charge in [0, 0.05) is 5.92 Å². The first kappa shape index (κ1) is 32.8. The number of fused-ring (bicyclic) bond motifs is 20. The molecular weight excluding hydrogens is 599 g/mol. The Balaban J connectivity index is 0.00000169. The first-order valence-corrected chi connectivity index (χ1v) is 20.0. The second-order valence-corrected chi connectivity index (χ2v) is 17.9. The van der Waals surface area contributed by atoms with Gasteiger partial charge < -0.3 is 1.43 Å². The zero-order valence-corrected chi connectivity index (χ0v) is 29.9. The van der Waals surface area contributed by atoms with Gasteiger partial charge in [0.15, 0.2) is 0 Å². The van der Waals surface area contributed by atoms with Gasteiger partial charge in [0.2, 0.25) is 0 Å². The standard InChI is InChI=1S/C32H56N8O3S.Na.H/c41-44(42,43)23-15-7-14-22-24(23)32-39-30-21-13-6-5-12-20(21)28(37-30)35-26-17-9-2-1-8-16(17)25(33-26)34-27-18-10-3-4-11-19(18)29(36-27)38-31(22)40-32;;/h16-40H,1-15H2,(H,41,42,43);;/q;+1;-1. The van der Waals surface area contributed by atoms with Crippen molar-refractivity contribution in [3.63, 3.8) is 0 Å². The van der Waals surface area contributed by atoms with Crippen LogP contribution < -0.4 is 72.1 Å². The van der Waals surface area contributed by atoms with Crippen molar-refractivity contribution in [3.8, 4) is 0 Å². The van der Waals surface area contributed by atoms with Crippen LogP contribution >= 0.6 is 0 Å². The molecule has 5 aliphatic heterocycles. The Morgan fingerprint density at radius 3 is 0.978 bits per heavy atom. The van der Waals surface area contributed by atoms with Gasteiger partial charge in [-0.2, -0.15) is 8.42 Å². The summed E-state index contributed by atoms with van der Waals surface area (Å²) < 4.78 is 36.1. The Morgan fingerprint density at radius 2 is 0.667 bits per heavy atom. The molecule has 0 aromatic carbocycles. The first-order chi connectivity index (χ1) is 21.4. The van der Waals surface area contributed by atoms with Crippen molar-refractivity contribution >= 4 is 10.1 Å². The molecule has 0 amide bonds. The summed E-state index contributed by atoms with van der Waals surface area (Å²) in [6, 6.07) is 0. The van der Waals surface area contributed by atoms with E-state index in [4.69, 9.17) is 0 Å². The fraction of sp³-hybridized carbons (Fsp3) is 1.00. The molecule has 0 aromatic rings. The summed E-state index contributed by atoms with van der Waals surface area (Å²) in [5.74, 6) is 3.50. The third-order valence-electron chi connectivity index (χ3n) is 14.2. The molecule has 13 heteroatoms. The third kappa shape index (κ3) is 5.85. The number of hydrogen-bond acceptors (Lipinski definition) is 10. The Morgan fingerprint density at radius 1 is 0.400 bits per heavy atom. The predicted molar refractivity (Wildman–Crippen MR) is 169 cm³/mol. The van der Waals surface area contributed by atoms with E-state index in [0.29, 0.717) is 54.3 Å². The zero-order chi connectivity index (χ0) is 29.6. The molecule has 9 fully saturated rings. The van der Waals surface area contributed by atoms with E-state index in [0.717, 1.165) is 12.8 Å². The molecule has 9 N–H and O–H groups in total. The molecule has 9 rings (SSSR count). The van der Waals surface area contributed by atoms with E-state index in [-0.39, 0.29) is 79.8 Å². The predicted octanol–water partition coefficient (Wildman–Crippen LogP) is -1.41. The van der Waals surface area contributed by atoms with Crippen molar-refractivity contribution in [2.24, 2.45) is 47.3 Å². The molecule has 0 radical (unpaired) electrons. The van der Waals surface area contributed by atoms with Crippen LogP contribution in [0.1, 0.15) is 97.7 Å². The van der Waals surface area contributed by atoms with Crippen LogP contribution in [0, 0.1) is 47.3 Å². The normalized spacial score (nSPS) is 54.3. The molecule has 4 saturated carbocycles. The van der Waals surface area contributed by atoms with Gasteiger partial charge in [0.05, 0.1) is 54.6 Å². The van der Waals surface area contributed by atoms with Gasteiger partial charge in [-0.1, -0.05) is 44.9 Å². The van der Waals surface area contributed by atoms with Gasteiger partial charge in [-0.25, -0.2) is 0 Å². The second kappa shape index (κ2) is 13.0. The van der Waals surface area contributed by atoms with E-state index in [2.05, 4.69) is 42.5 Å². The van der Waals surface area contributed by atoms with Crippen molar-refractivity contribution in [3.05, 3.63) is 0 Å². The summed E-state index contributed by atoms with van der Waals surface area (Å²) in [4.78, 5) is 0. The summed E-state index contributed by atoms with van der Waals surface area (Å²) in [5.41, 5.74) is 0. The van der Waals surface area contributed by atoms with Crippen LogP contribution in [-0.4, -0.2) is 67.5 Å². The maximum Gasteiger partial charge on any atom is 1.00 e. The smallest absolute Gasteiger partial charge is 1.00 e. The van der Waals surface area contributed by atoms with E-state index < -0.39 is 15.4 Å². The molecule has 17 unspecified atom stereocenters. The number of hydrogen-bond donors (Lipinski definition) is 9. The minimum Gasteiger partial charge on any atom is -1.00 e. The minimum absolute atomic E-state index is 0. The molecular formula is C32H57N8NaO3S. The van der Waals surface area contributed by atoms with Crippen molar-refractivity contribution in [1.82, 2.24) is 42.5 Å².